The van der Waals surface area contributed by atoms with E-state index >= 15 is 0 Å². The summed E-state index contributed by atoms with van der Waals surface area (Å²) in [5, 5.41) is 0. The molecule has 1 rings (SSSR count). The van der Waals surface area contributed by atoms with Crippen molar-refractivity contribution in [1.29, 1.82) is 0 Å². The summed E-state index contributed by atoms with van der Waals surface area (Å²) < 4.78 is 0. The molecule has 0 heterocycles. The first kappa shape index (κ1) is 8.06. The van der Waals surface area contributed by atoms with Crippen LogP contribution in [0.4, 0.5) is 0 Å². The molecule has 0 aliphatic heterocycles. The minimum atomic E-state index is 0.837. The lowest BCUT2D eigenvalue weighted by Gasteiger charge is -2.18. The zero-order valence-electron chi connectivity index (χ0n) is 6.84. The van der Waals surface area contributed by atoms with Crippen molar-refractivity contribution in [2.24, 2.45) is 0 Å². The standard InChI is InChI=1S/C9H17N/c1-3-5-8-10(4-2)9-6-7-9/h1,9H,3-8H2,2H3. The van der Waals surface area contributed by atoms with Crippen LogP contribution in [0.15, 0.2) is 0 Å². The molecule has 1 nitrogen and oxygen atoms in total. The Morgan fingerprint density at radius 1 is 1.50 bits per heavy atom. The lowest BCUT2D eigenvalue weighted by molar-refractivity contribution is 0.275. The van der Waals surface area contributed by atoms with Crippen LogP contribution in [0.1, 0.15) is 32.6 Å². The zero-order valence-corrected chi connectivity index (χ0v) is 6.84. The highest BCUT2D eigenvalue weighted by Crippen LogP contribution is 2.26. The predicted octanol–water partition coefficient (Wildman–Crippen LogP) is 1.96. The average molecular weight is 139 g/mol. The topological polar surface area (TPSA) is 3.24 Å². The fraction of sp³-hybridized carbons (Fsp3) is 0.889. The van der Waals surface area contributed by atoms with Crippen molar-refractivity contribution in [1.82, 2.24) is 4.90 Å². The molecule has 0 aromatic heterocycles. The third-order valence-electron chi connectivity index (χ3n) is 2.12. The molecule has 0 amide bonds. The average Bonchev–Trinajstić information content (AvgIpc) is 2.73. The van der Waals surface area contributed by atoms with Gasteiger partial charge in [-0.25, -0.2) is 0 Å². The Kier molecular flexibility index (Phi) is 3.20. The lowest BCUT2D eigenvalue weighted by Crippen LogP contribution is -2.26. The third kappa shape index (κ3) is 2.30. The van der Waals surface area contributed by atoms with Gasteiger partial charge in [-0.15, -0.1) is 0 Å². The van der Waals surface area contributed by atoms with Crippen LogP contribution in [0, 0.1) is 6.92 Å². The number of hydrogen-bond donors (Lipinski definition) is 0. The molecule has 58 valence electrons. The molecule has 1 heteroatoms. The van der Waals surface area contributed by atoms with Gasteiger partial charge in [-0.05, 0) is 45.7 Å². The first-order valence-electron chi connectivity index (χ1n) is 4.32. The van der Waals surface area contributed by atoms with Gasteiger partial charge in [0.15, 0.2) is 0 Å². The zero-order chi connectivity index (χ0) is 7.40. The van der Waals surface area contributed by atoms with Gasteiger partial charge in [-0.2, -0.15) is 0 Å². The largest absolute Gasteiger partial charge is 0.301 e. The Morgan fingerprint density at radius 3 is 2.60 bits per heavy atom. The summed E-state index contributed by atoms with van der Waals surface area (Å²) in [4.78, 5) is 2.53. The van der Waals surface area contributed by atoms with E-state index in [1.165, 1.54) is 25.9 Å². The van der Waals surface area contributed by atoms with Gasteiger partial charge in [0.1, 0.15) is 0 Å². The minimum Gasteiger partial charge on any atom is -0.301 e. The normalized spacial score (nSPS) is 18.3. The second-order valence-electron chi connectivity index (χ2n) is 3.00. The van der Waals surface area contributed by atoms with Gasteiger partial charge in [0.05, 0.1) is 0 Å². The van der Waals surface area contributed by atoms with E-state index in [0.717, 1.165) is 18.9 Å². The van der Waals surface area contributed by atoms with Crippen LogP contribution < -0.4 is 0 Å². The Labute approximate surface area is 64.4 Å². The van der Waals surface area contributed by atoms with Crippen LogP contribution in [-0.4, -0.2) is 24.0 Å². The minimum absolute atomic E-state index is 0.837. The second kappa shape index (κ2) is 3.97. The van der Waals surface area contributed by atoms with E-state index in [0.29, 0.717) is 0 Å². The first-order chi connectivity index (χ1) is 4.88. The van der Waals surface area contributed by atoms with Gasteiger partial charge >= 0.3 is 0 Å². The molecule has 0 saturated heterocycles. The van der Waals surface area contributed by atoms with E-state index in [-0.39, 0.29) is 0 Å². The second-order valence-corrected chi connectivity index (χ2v) is 3.00. The molecule has 0 bridgehead atoms. The molecule has 0 spiro atoms. The van der Waals surface area contributed by atoms with Crippen LogP contribution in [0.5, 0.6) is 0 Å². The monoisotopic (exact) mass is 139 g/mol. The number of rotatable bonds is 5. The van der Waals surface area contributed by atoms with Gasteiger partial charge in [-0.3, -0.25) is 0 Å². The van der Waals surface area contributed by atoms with E-state index in [4.69, 9.17) is 6.92 Å². The van der Waals surface area contributed by atoms with E-state index < -0.39 is 0 Å². The summed E-state index contributed by atoms with van der Waals surface area (Å²) >= 11 is 0. The molecular weight excluding hydrogens is 122 g/mol. The first-order valence-corrected chi connectivity index (χ1v) is 4.32. The summed E-state index contributed by atoms with van der Waals surface area (Å²) in [6, 6.07) is 0.913. The summed E-state index contributed by atoms with van der Waals surface area (Å²) in [6.45, 7) is 10.1. The van der Waals surface area contributed by atoms with E-state index in [1.807, 2.05) is 0 Å². The maximum atomic E-state index is 5.43. The van der Waals surface area contributed by atoms with Crippen molar-refractivity contribution in [3.05, 3.63) is 6.92 Å². The number of nitrogens with zero attached hydrogens (tertiary/aromatic N) is 1. The van der Waals surface area contributed by atoms with Crippen LogP contribution in [0.3, 0.4) is 0 Å². The molecule has 0 aromatic rings. The van der Waals surface area contributed by atoms with Gasteiger partial charge in [0.25, 0.3) is 0 Å². The van der Waals surface area contributed by atoms with Crippen LogP contribution in [0.25, 0.3) is 0 Å². The Hall–Kier alpha value is -0.0400. The molecule has 0 N–H and O–H groups in total. The quantitative estimate of drug-likeness (QED) is 0.563. The fourth-order valence-corrected chi connectivity index (χ4v) is 1.33. The molecule has 1 aliphatic carbocycles. The lowest BCUT2D eigenvalue weighted by atomic mass is 10.3. The van der Waals surface area contributed by atoms with Gasteiger partial charge in [0, 0.05) is 6.04 Å². The predicted molar refractivity (Wildman–Crippen MR) is 43.8 cm³/mol. The van der Waals surface area contributed by atoms with Gasteiger partial charge in [-0.1, -0.05) is 6.92 Å². The number of hydrogen-bond acceptors (Lipinski definition) is 1. The van der Waals surface area contributed by atoms with E-state index in [1.54, 1.807) is 0 Å². The molecule has 0 atom stereocenters. The third-order valence-corrected chi connectivity index (χ3v) is 2.12. The van der Waals surface area contributed by atoms with E-state index in [9.17, 15) is 0 Å². The Bertz CT molecular complexity index is 86.7. The molecule has 1 aliphatic rings. The SMILES string of the molecule is [CH]CCCN(CC)C1CC1. The molecule has 1 saturated carbocycles. The highest BCUT2D eigenvalue weighted by molar-refractivity contribution is 4.83. The fourth-order valence-electron chi connectivity index (χ4n) is 1.33. The van der Waals surface area contributed by atoms with Gasteiger partial charge in [0.2, 0.25) is 0 Å². The molecule has 2 radical (unpaired) electrons. The van der Waals surface area contributed by atoms with Crippen LogP contribution in [0.2, 0.25) is 0 Å². The highest BCUT2D eigenvalue weighted by atomic mass is 15.2. The van der Waals surface area contributed by atoms with Crippen LogP contribution >= 0.6 is 0 Å². The summed E-state index contributed by atoms with van der Waals surface area (Å²) in [6.07, 6.45) is 4.82. The molecule has 0 unspecified atom stereocenters. The molecule has 1 fully saturated rings. The highest BCUT2D eigenvalue weighted by Gasteiger charge is 2.26. The maximum Gasteiger partial charge on any atom is 0.00963 e. The van der Waals surface area contributed by atoms with E-state index in [2.05, 4.69) is 11.8 Å². The van der Waals surface area contributed by atoms with Crippen molar-refractivity contribution in [3.8, 4) is 0 Å². The van der Waals surface area contributed by atoms with Crippen molar-refractivity contribution in [2.75, 3.05) is 13.1 Å². The summed E-state index contributed by atoms with van der Waals surface area (Å²) in [5.74, 6) is 0. The van der Waals surface area contributed by atoms with Crippen molar-refractivity contribution in [3.63, 3.8) is 0 Å². The van der Waals surface area contributed by atoms with Crippen molar-refractivity contribution >= 4 is 0 Å². The number of unbranched alkanes of at least 4 members (excludes halogenated alkanes) is 1. The van der Waals surface area contributed by atoms with Gasteiger partial charge < -0.3 is 4.90 Å². The Balaban J connectivity index is 2.07. The maximum absolute atomic E-state index is 5.43. The van der Waals surface area contributed by atoms with Crippen molar-refractivity contribution < 1.29 is 0 Å². The van der Waals surface area contributed by atoms with Crippen molar-refractivity contribution in [2.45, 2.75) is 38.6 Å². The van der Waals surface area contributed by atoms with Crippen LogP contribution in [-0.2, 0) is 0 Å². The summed E-state index contributed by atoms with van der Waals surface area (Å²) in [7, 11) is 0. The molecule has 10 heavy (non-hydrogen) atoms. The smallest absolute Gasteiger partial charge is 0.00963 e. The molecular formula is C9H17N. The Morgan fingerprint density at radius 2 is 2.20 bits per heavy atom. The summed E-state index contributed by atoms with van der Waals surface area (Å²) in [5.41, 5.74) is 0. The molecule has 0 aromatic carbocycles.